The largest absolute Gasteiger partial charge is 0.273 e. The first-order valence-corrected chi connectivity index (χ1v) is 5.54. The zero-order valence-corrected chi connectivity index (χ0v) is 10.6. The molecular weight excluding hydrogens is 234 g/mol. The predicted octanol–water partition coefficient (Wildman–Crippen LogP) is 2.42. The van der Waals surface area contributed by atoms with E-state index in [-0.39, 0.29) is 11.3 Å². The van der Waals surface area contributed by atoms with Crippen LogP contribution in [0.4, 0.5) is 5.69 Å². The Morgan fingerprint density at radius 1 is 1.50 bits per heavy atom. The van der Waals surface area contributed by atoms with E-state index in [4.69, 9.17) is 0 Å². The Morgan fingerprint density at radius 2 is 2.17 bits per heavy atom. The van der Waals surface area contributed by atoms with Gasteiger partial charge in [-0.05, 0) is 26.3 Å². The van der Waals surface area contributed by atoms with Crippen LogP contribution in [0.2, 0.25) is 0 Å². The minimum Gasteiger partial charge on any atom is -0.267 e. The number of benzene rings is 1. The van der Waals surface area contributed by atoms with E-state index in [1.54, 1.807) is 19.9 Å². The standard InChI is InChI=1S/C12H15N3O3/c1-4-9(3)13-14-12(16)10-6-5-8(2)11(7-10)15(17)18/h5-7H,4H2,1-3H3,(H,14,16)/b13-9+. The first-order valence-electron chi connectivity index (χ1n) is 5.54. The van der Waals surface area contributed by atoms with E-state index in [0.29, 0.717) is 5.56 Å². The summed E-state index contributed by atoms with van der Waals surface area (Å²) >= 11 is 0. The van der Waals surface area contributed by atoms with Crippen molar-refractivity contribution in [1.29, 1.82) is 0 Å². The van der Waals surface area contributed by atoms with Crippen LogP contribution in [0.15, 0.2) is 23.3 Å². The molecule has 0 spiro atoms. The Labute approximate surface area is 105 Å². The third kappa shape index (κ3) is 3.38. The summed E-state index contributed by atoms with van der Waals surface area (Å²) in [6.07, 6.45) is 0.730. The van der Waals surface area contributed by atoms with Crippen LogP contribution in [0.5, 0.6) is 0 Å². The maximum Gasteiger partial charge on any atom is 0.273 e. The normalized spacial score (nSPS) is 11.2. The van der Waals surface area contributed by atoms with Gasteiger partial charge < -0.3 is 0 Å². The Kier molecular flexibility index (Phi) is 4.53. The molecule has 1 N–H and O–H groups in total. The van der Waals surface area contributed by atoms with E-state index in [1.165, 1.54) is 12.1 Å². The highest BCUT2D eigenvalue weighted by Crippen LogP contribution is 2.19. The molecule has 6 nitrogen and oxygen atoms in total. The van der Waals surface area contributed by atoms with Crippen molar-refractivity contribution in [1.82, 2.24) is 5.43 Å². The molecule has 0 unspecified atom stereocenters. The van der Waals surface area contributed by atoms with Crippen molar-refractivity contribution in [2.45, 2.75) is 27.2 Å². The van der Waals surface area contributed by atoms with Crippen LogP contribution in [-0.2, 0) is 0 Å². The number of hydrazone groups is 1. The number of nitrogens with zero attached hydrogens (tertiary/aromatic N) is 2. The highest BCUT2D eigenvalue weighted by molar-refractivity contribution is 5.95. The molecule has 0 aliphatic heterocycles. The molecule has 0 atom stereocenters. The van der Waals surface area contributed by atoms with E-state index >= 15 is 0 Å². The molecule has 0 bridgehead atoms. The second-order valence-corrected chi connectivity index (χ2v) is 3.90. The number of hydrogen-bond donors (Lipinski definition) is 1. The molecule has 0 aromatic heterocycles. The summed E-state index contributed by atoms with van der Waals surface area (Å²) in [6.45, 7) is 5.33. The van der Waals surface area contributed by atoms with E-state index < -0.39 is 10.8 Å². The third-order valence-electron chi connectivity index (χ3n) is 2.53. The van der Waals surface area contributed by atoms with Crippen LogP contribution in [0.1, 0.15) is 36.2 Å². The molecular formula is C12H15N3O3. The van der Waals surface area contributed by atoms with E-state index in [1.807, 2.05) is 6.92 Å². The van der Waals surface area contributed by atoms with Gasteiger partial charge in [0.2, 0.25) is 0 Å². The average Bonchev–Trinajstić information content (AvgIpc) is 2.35. The molecule has 0 heterocycles. The highest BCUT2D eigenvalue weighted by Gasteiger charge is 2.14. The first-order chi connectivity index (χ1) is 8.45. The Bertz CT molecular complexity index is 509. The van der Waals surface area contributed by atoms with Crippen LogP contribution >= 0.6 is 0 Å². The summed E-state index contributed by atoms with van der Waals surface area (Å²) in [5, 5.41) is 14.6. The SMILES string of the molecule is CC/C(C)=N/NC(=O)c1ccc(C)c([N+](=O)[O-])c1. The van der Waals surface area contributed by atoms with Crippen molar-refractivity contribution in [2.24, 2.45) is 5.10 Å². The van der Waals surface area contributed by atoms with Gasteiger partial charge in [0.05, 0.1) is 4.92 Å². The van der Waals surface area contributed by atoms with Gasteiger partial charge in [-0.15, -0.1) is 0 Å². The zero-order chi connectivity index (χ0) is 13.7. The molecule has 96 valence electrons. The number of carbonyl (C=O) groups is 1. The number of carbonyl (C=O) groups excluding carboxylic acids is 1. The van der Waals surface area contributed by atoms with Crippen molar-refractivity contribution in [3.8, 4) is 0 Å². The second kappa shape index (κ2) is 5.90. The molecule has 1 aromatic rings. The maximum atomic E-state index is 11.7. The van der Waals surface area contributed by atoms with Gasteiger partial charge in [0.25, 0.3) is 11.6 Å². The van der Waals surface area contributed by atoms with Gasteiger partial charge in [0.15, 0.2) is 0 Å². The fourth-order valence-corrected chi connectivity index (χ4v) is 1.24. The fraction of sp³-hybridized carbons (Fsp3) is 0.333. The molecule has 1 aromatic carbocycles. The molecule has 0 saturated carbocycles. The molecule has 0 radical (unpaired) electrons. The molecule has 0 fully saturated rings. The van der Waals surface area contributed by atoms with Crippen LogP contribution in [-0.4, -0.2) is 16.5 Å². The van der Waals surface area contributed by atoms with Crippen LogP contribution in [0.3, 0.4) is 0 Å². The summed E-state index contributed by atoms with van der Waals surface area (Å²) in [7, 11) is 0. The molecule has 0 aliphatic rings. The van der Waals surface area contributed by atoms with E-state index in [9.17, 15) is 14.9 Å². The Hall–Kier alpha value is -2.24. The van der Waals surface area contributed by atoms with Crippen molar-refractivity contribution in [2.75, 3.05) is 0 Å². The number of nitro groups is 1. The number of hydrogen-bond acceptors (Lipinski definition) is 4. The first kappa shape index (κ1) is 13.8. The highest BCUT2D eigenvalue weighted by atomic mass is 16.6. The summed E-state index contributed by atoms with van der Waals surface area (Å²) in [5.41, 5.74) is 3.81. The summed E-state index contributed by atoms with van der Waals surface area (Å²) in [5.74, 6) is -0.453. The minimum absolute atomic E-state index is 0.0705. The van der Waals surface area contributed by atoms with Gasteiger partial charge in [0, 0.05) is 22.9 Å². The van der Waals surface area contributed by atoms with E-state index in [2.05, 4.69) is 10.5 Å². The van der Waals surface area contributed by atoms with Gasteiger partial charge in [-0.3, -0.25) is 14.9 Å². The Morgan fingerprint density at radius 3 is 2.72 bits per heavy atom. The van der Waals surface area contributed by atoms with Crippen LogP contribution in [0, 0.1) is 17.0 Å². The smallest absolute Gasteiger partial charge is 0.267 e. The summed E-state index contributed by atoms with van der Waals surface area (Å²) in [6, 6.07) is 4.33. The predicted molar refractivity (Wildman–Crippen MR) is 68.7 cm³/mol. The molecule has 18 heavy (non-hydrogen) atoms. The van der Waals surface area contributed by atoms with Crippen molar-refractivity contribution in [3.05, 3.63) is 39.4 Å². The van der Waals surface area contributed by atoms with Crippen LogP contribution < -0.4 is 5.43 Å². The number of nitro benzene ring substituents is 1. The molecule has 1 amide bonds. The van der Waals surface area contributed by atoms with Gasteiger partial charge in [-0.2, -0.15) is 5.10 Å². The number of amides is 1. The summed E-state index contributed by atoms with van der Waals surface area (Å²) < 4.78 is 0. The Balaban J connectivity index is 2.94. The third-order valence-corrected chi connectivity index (χ3v) is 2.53. The minimum atomic E-state index is -0.507. The van der Waals surface area contributed by atoms with Gasteiger partial charge in [0.1, 0.15) is 0 Å². The van der Waals surface area contributed by atoms with Gasteiger partial charge >= 0.3 is 0 Å². The lowest BCUT2D eigenvalue weighted by Crippen LogP contribution is -2.19. The van der Waals surface area contributed by atoms with Crippen molar-refractivity contribution < 1.29 is 9.72 Å². The fourth-order valence-electron chi connectivity index (χ4n) is 1.24. The number of nitrogens with one attached hydrogen (secondary N) is 1. The lowest BCUT2D eigenvalue weighted by molar-refractivity contribution is -0.385. The van der Waals surface area contributed by atoms with Gasteiger partial charge in [-0.1, -0.05) is 13.0 Å². The van der Waals surface area contributed by atoms with Crippen molar-refractivity contribution in [3.63, 3.8) is 0 Å². The average molecular weight is 249 g/mol. The molecule has 0 aliphatic carbocycles. The lowest BCUT2D eigenvalue weighted by Gasteiger charge is -2.03. The monoisotopic (exact) mass is 249 g/mol. The number of aryl methyl sites for hydroxylation is 1. The lowest BCUT2D eigenvalue weighted by atomic mass is 10.1. The second-order valence-electron chi connectivity index (χ2n) is 3.90. The topological polar surface area (TPSA) is 84.6 Å². The van der Waals surface area contributed by atoms with E-state index in [0.717, 1.165) is 12.1 Å². The van der Waals surface area contributed by atoms with Crippen molar-refractivity contribution >= 4 is 17.3 Å². The van der Waals surface area contributed by atoms with Gasteiger partial charge in [-0.25, -0.2) is 5.43 Å². The number of rotatable bonds is 4. The zero-order valence-electron chi connectivity index (χ0n) is 10.6. The quantitative estimate of drug-likeness (QED) is 0.505. The molecule has 6 heteroatoms. The molecule has 0 saturated heterocycles. The maximum absolute atomic E-state index is 11.7. The summed E-state index contributed by atoms with van der Waals surface area (Å²) in [4.78, 5) is 22.0. The molecule has 1 rings (SSSR count). The van der Waals surface area contributed by atoms with Crippen LogP contribution in [0.25, 0.3) is 0 Å².